The molecule has 0 bridgehead atoms. The molecule has 0 aromatic heterocycles. The fraction of sp³-hybridized carbons (Fsp3) is 0.222. The van der Waals surface area contributed by atoms with Crippen LogP contribution in [0.1, 0.15) is 12.5 Å². The maximum absolute atomic E-state index is 9.08. The Morgan fingerprint density at radius 1 is 1.33 bits per heavy atom. The standard InChI is InChI=1S/C9H9Cl2O/c1-6(12)5-7-8(10)3-2-4-9(7)11/h2-6,12H,1H3. The molecule has 3 heteroatoms. The van der Waals surface area contributed by atoms with Gasteiger partial charge in [-0.25, -0.2) is 0 Å². The van der Waals surface area contributed by atoms with Gasteiger partial charge in [-0.2, -0.15) is 0 Å². The van der Waals surface area contributed by atoms with Crippen molar-refractivity contribution in [2.45, 2.75) is 13.0 Å². The fourth-order valence-corrected chi connectivity index (χ4v) is 1.43. The van der Waals surface area contributed by atoms with Crippen molar-refractivity contribution in [3.8, 4) is 0 Å². The number of hydrogen-bond donors (Lipinski definition) is 1. The molecule has 0 saturated heterocycles. The van der Waals surface area contributed by atoms with Crippen molar-refractivity contribution in [3.05, 3.63) is 40.2 Å². The lowest BCUT2D eigenvalue weighted by Gasteiger charge is -2.07. The minimum absolute atomic E-state index is 0.539. The predicted octanol–water partition coefficient (Wildman–Crippen LogP) is 2.93. The summed E-state index contributed by atoms with van der Waals surface area (Å²) < 4.78 is 0. The van der Waals surface area contributed by atoms with Crippen molar-refractivity contribution in [1.82, 2.24) is 0 Å². The zero-order valence-electron chi connectivity index (χ0n) is 6.59. The van der Waals surface area contributed by atoms with E-state index in [2.05, 4.69) is 0 Å². The molecule has 1 atom stereocenters. The summed E-state index contributed by atoms with van der Waals surface area (Å²) in [5.74, 6) is 0. The molecule has 0 aliphatic carbocycles. The van der Waals surface area contributed by atoms with Gasteiger partial charge in [0.25, 0.3) is 0 Å². The fourth-order valence-electron chi connectivity index (χ4n) is 0.911. The number of hydrogen-bond acceptors (Lipinski definition) is 1. The molecule has 1 aromatic rings. The van der Waals surface area contributed by atoms with E-state index < -0.39 is 6.10 Å². The van der Waals surface area contributed by atoms with Gasteiger partial charge in [0.05, 0.1) is 6.10 Å². The third-order valence-corrected chi connectivity index (χ3v) is 2.07. The van der Waals surface area contributed by atoms with Crippen molar-refractivity contribution < 1.29 is 5.11 Å². The van der Waals surface area contributed by atoms with Crippen LogP contribution in [0, 0.1) is 6.42 Å². The van der Waals surface area contributed by atoms with Crippen LogP contribution in [0.2, 0.25) is 10.0 Å². The van der Waals surface area contributed by atoms with Crippen molar-refractivity contribution in [3.63, 3.8) is 0 Å². The highest BCUT2D eigenvalue weighted by Gasteiger charge is 2.07. The van der Waals surface area contributed by atoms with Crippen molar-refractivity contribution in [1.29, 1.82) is 0 Å². The molecule has 0 fully saturated rings. The second-order valence-corrected chi connectivity index (χ2v) is 3.36. The quantitative estimate of drug-likeness (QED) is 0.785. The molecular weight excluding hydrogens is 195 g/mol. The number of aliphatic hydroxyl groups is 1. The Labute approximate surface area is 81.9 Å². The Balaban J connectivity index is 2.96. The maximum Gasteiger partial charge on any atom is 0.0588 e. The first kappa shape index (κ1) is 9.85. The van der Waals surface area contributed by atoms with Gasteiger partial charge in [0.1, 0.15) is 0 Å². The van der Waals surface area contributed by atoms with E-state index in [1.54, 1.807) is 31.5 Å². The smallest absolute Gasteiger partial charge is 0.0588 e. The Morgan fingerprint density at radius 3 is 2.25 bits per heavy atom. The summed E-state index contributed by atoms with van der Waals surface area (Å²) in [6, 6.07) is 5.24. The number of halogens is 2. The molecule has 0 heterocycles. The third-order valence-electron chi connectivity index (χ3n) is 1.41. The monoisotopic (exact) mass is 203 g/mol. The van der Waals surface area contributed by atoms with Crippen molar-refractivity contribution in [2.75, 3.05) is 0 Å². The summed E-state index contributed by atoms with van der Waals surface area (Å²) in [4.78, 5) is 0. The van der Waals surface area contributed by atoms with E-state index in [-0.39, 0.29) is 0 Å². The zero-order valence-corrected chi connectivity index (χ0v) is 8.10. The van der Waals surface area contributed by atoms with Crippen LogP contribution in [0.5, 0.6) is 0 Å². The normalized spacial score (nSPS) is 13.0. The van der Waals surface area contributed by atoms with E-state index in [1.807, 2.05) is 0 Å². The Hall–Kier alpha value is -0.240. The van der Waals surface area contributed by atoms with Gasteiger partial charge in [-0.05, 0) is 24.6 Å². The van der Waals surface area contributed by atoms with Gasteiger partial charge in [0, 0.05) is 16.5 Å². The first-order chi connectivity index (χ1) is 5.61. The molecule has 0 spiro atoms. The van der Waals surface area contributed by atoms with Crippen LogP contribution in [0.3, 0.4) is 0 Å². The molecule has 1 radical (unpaired) electrons. The van der Waals surface area contributed by atoms with E-state index in [0.29, 0.717) is 15.6 Å². The van der Waals surface area contributed by atoms with Gasteiger partial charge in [0.15, 0.2) is 0 Å². The zero-order chi connectivity index (χ0) is 9.14. The van der Waals surface area contributed by atoms with Crippen molar-refractivity contribution in [2.24, 2.45) is 0 Å². The van der Waals surface area contributed by atoms with E-state index >= 15 is 0 Å². The lowest BCUT2D eigenvalue weighted by atomic mass is 10.1. The summed E-state index contributed by atoms with van der Waals surface area (Å²) in [7, 11) is 0. The van der Waals surface area contributed by atoms with E-state index in [9.17, 15) is 0 Å². The van der Waals surface area contributed by atoms with Gasteiger partial charge in [-0.15, -0.1) is 0 Å². The van der Waals surface area contributed by atoms with Crippen LogP contribution in [0.25, 0.3) is 0 Å². The SMILES string of the molecule is CC(O)[CH]c1c(Cl)cccc1Cl. The Morgan fingerprint density at radius 2 is 1.83 bits per heavy atom. The second-order valence-electron chi connectivity index (χ2n) is 2.54. The first-order valence-corrected chi connectivity index (χ1v) is 4.34. The Bertz CT molecular complexity index is 251. The van der Waals surface area contributed by atoms with Gasteiger partial charge in [0.2, 0.25) is 0 Å². The Kier molecular flexibility index (Phi) is 3.39. The lowest BCUT2D eigenvalue weighted by Crippen LogP contribution is -2.02. The van der Waals surface area contributed by atoms with Crippen LogP contribution in [-0.2, 0) is 0 Å². The number of aliphatic hydroxyl groups excluding tert-OH is 1. The van der Waals surface area contributed by atoms with E-state index in [0.717, 1.165) is 0 Å². The summed E-state index contributed by atoms with van der Waals surface area (Å²) in [6.07, 6.45) is 1.08. The van der Waals surface area contributed by atoms with Gasteiger partial charge in [-0.1, -0.05) is 29.3 Å². The van der Waals surface area contributed by atoms with Crippen LogP contribution < -0.4 is 0 Å². The molecule has 0 amide bonds. The van der Waals surface area contributed by atoms with Crippen LogP contribution in [-0.4, -0.2) is 11.2 Å². The second kappa shape index (κ2) is 4.13. The van der Waals surface area contributed by atoms with E-state index in [1.165, 1.54) is 0 Å². The highest BCUT2D eigenvalue weighted by atomic mass is 35.5. The minimum Gasteiger partial charge on any atom is -0.393 e. The first-order valence-electron chi connectivity index (χ1n) is 3.58. The molecule has 1 aromatic carbocycles. The van der Waals surface area contributed by atoms with Gasteiger partial charge < -0.3 is 5.11 Å². The average molecular weight is 204 g/mol. The summed E-state index contributed by atoms with van der Waals surface area (Å²) in [5.41, 5.74) is 0.691. The summed E-state index contributed by atoms with van der Waals surface area (Å²) in [5, 5.41) is 10.2. The summed E-state index contributed by atoms with van der Waals surface area (Å²) >= 11 is 11.7. The summed E-state index contributed by atoms with van der Waals surface area (Å²) in [6.45, 7) is 1.65. The largest absolute Gasteiger partial charge is 0.393 e. The molecule has 0 saturated carbocycles. The third kappa shape index (κ3) is 2.37. The van der Waals surface area contributed by atoms with Crippen LogP contribution >= 0.6 is 23.2 Å². The predicted molar refractivity (Wildman–Crippen MR) is 51.5 cm³/mol. The minimum atomic E-state index is -0.539. The van der Waals surface area contributed by atoms with Gasteiger partial charge in [-0.3, -0.25) is 0 Å². The number of benzene rings is 1. The molecule has 1 N–H and O–H groups in total. The molecule has 12 heavy (non-hydrogen) atoms. The average Bonchev–Trinajstić information content (AvgIpc) is 1.97. The molecule has 1 unspecified atom stereocenters. The molecule has 0 aliphatic heterocycles. The highest BCUT2D eigenvalue weighted by Crippen LogP contribution is 2.26. The van der Waals surface area contributed by atoms with Gasteiger partial charge >= 0.3 is 0 Å². The number of rotatable bonds is 2. The van der Waals surface area contributed by atoms with Crippen LogP contribution in [0.15, 0.2) is 18.2 Å². The highest BCUT2D eigenvalue weighted by molar-refractivity contribution is 6.36. The van der Waals surface area contributed by atoms with E-state index in [4.69, 9.17) is 28.3 Å². The lowest BCUT2D eigenvalue weighted by molar-refractivity contribution is 0.231. The topological polar surface area (TPSA) is 20.2 Å². The molecule has 1 nitrogen and oxygen atoms in total. The maximum atomic E-state index is 9.08. The molecule has 0 aliphatic rings. The molecular formula is C9H9Cl2O. The molecule has 1 rings (SSSR count). The van der Waals surface area contributed by atoms with Crippen LogP contribution in [0.4, 0.5) is 0 Å². The molecule has 65 valence electrons. The van der Waals surface area contributed by atoms with Crippen molar-refractivity contribution >= 4 is 23.2 Å².